The number of fused-ring (bicyclic) bond motifs is 1. The molecule has 0 amide bonds. The van der Waals surface area contributed by atoms with Crippen molar-refractivity contribution in [3.05, 3.63) is 54.9 Å². The van der Waals surface area contributed by atoms with E-state index >= 15 is 0 Å². The lowest BCUT2D eigenvalue weighted by Gasteiger charge is -2.17. The smallest absolute Gasteiger partial charge is 0.155 e. The van der Waals surface area contributed by atoms with Crippen LogP contribution >= 0.6 is 0 Å². The number of aromatic nitrogens is 3. The second kappa shape index (κ2) is 7.11. The van der Waals surface area contributed by atoms with E-state index in [1.165, 1.54) is 7.11 Å². The molecule has 0 aliphatic heterocycles. The fourth-order valence-electron chi connectivity index (χ4n) is 3.19. The van der Waals surface area contributed by atoms with Gasteiger partial charge in [0, 0.05) is 30.0 Å². The Bertz CT molecular complexity index is 1140. The summed E-state index contributed by atoms with van der Waals surface area (Å²) in [5.41, 5.74) is 3.52. The van der Waals surface area contributed by atoms with Gasteiger partial charge in [0.1, 0.15) is 23.0 Å². The van der Waals surface area contributed by atoms with Gasteiger partial charge in [0.15, 0.2) is 5.65 Å². The standard InChI is InChI=1S/C21H19N3O4/c1-26-14-6-4-13(5-7-14)16-12-22-19-8-9-23-24(19)21(16)20-17(25)10-15(27-2)11-18(20)28-3/h4-12,25H,1-3H3. The highest BCUT2D eigenvalue weighted by Crippen LogP contribution is 2.44. The molecule has 7 nitrogen and oxygen atoms in total. The molecular weight excluding hydrogens is 358 g/mol. The summed E-state index contributed by atoms with van der Waals surface area (Å²) in [7, 11) is 4.71. The van der Waals surface area contributed by atoms with Gasteiger partial charge in [-0.3, -0.25) is 0 Å². The van der Waals surface area contributed by atoms with Crippen molar-refractivity contribution in [1.82, 2.24) is 14.6 Å². The highest BCUT2D eigenvalue weighted by atomic mass is 16.5. The third kappa shape index (κ3) is 2.87. The Morgan fingerprint density at radius 3 is 2.32 bits per heavy atom. The van der Waals surface area contributed by atoms with Crippen molar-refractivity contribution in [2.45, 2.75) is 0 Å². The number of nitrogens with zero attached hydrogens (tertiary/aromatic N) is 3. The summed E-state index contributed by atoms with van der Waals surface area (Å²) in [6.45, 7) is 0. The van der Waals surface area contributed by atoms with Crippen molar-refractivity contribution in [3.63, 3.8) is 0 Å². The summed E-state index contributed by atoms with van der Waals surface area (Å²) >= 11 is 0. The van der Waals surface area contributed by atoms with Crippen LogP contribution in [0.2, 0.25) is 0 Å². The van der Waals surface area contributed by atoms with Crippen LogP contribution in [0.5, 0.6) is 23.0 Å². The summed E-state index contributed by atoms with van der Waals surface area (Å²) in [6.07, 6.45) is 3.42. The number of rotatable bonds is 5. The van der Waals surface area contributed by atoms with Crippen LogP contribution in [0.1, 0.15) is 0 Å². The van der Waals surface area contributed by atoms with Gasteiger partial charge in [-0.2, -0.15) is 5.10 Å². The lowest BCUT2D eigenvalue weighted by molar-refractivity contribution is 0.386. The minimum absolute atomic E-state index is 0.0222. The van der Waals surface area contributed by atoms with Crippen molar-refractivity contribution in [2.24, 2.45) is 0 Å². The summed E-state index contributed by atoms with van der Waals surface area (Å²) in [5.74, 6) is 1.74. The molecule has 0 atom stereocenters. The topological polar surface area (TPSA) is 78.1 Å². The third-order valence-electron chi connectivity index (χ3n) is 4.56. The molecule has 2 aromatic heterocycles. The number of phenols is 1. The third-order valence-corrected chi connectivity index (χ3v) is 4.56. The first kappa shape index (κ1) is 17.7. The number of benzene rings is 2. The monoisotopic (exact) mass is 377 g/mol. The summed E-state index contributed by atoms with van der Waals surface area (Å²) in [5, 5.41) is 15.2. The van der Waals surface area contributed by atoms with E-state index in [0.717, 1.165) is 16.9 Å². The summed E-state index contributed by atoms with van der Waals surface area (Å²) in [4.78, 5) is 4.49. The van der Waals surface area contributed by atoms with E-state index in [-0.39, 0.29) is 5.75 Å². The Kier molecular flexibility index (Phi) is 4.49. The molecule has 0 fully saturated rings. The zero-order valence-electron chi connectivity index (χ0n) is 15.7. The van der Waals surface area contributed by atoms with Crippen molar-refractivity contribution in [3.8, 4) is 45.4 Å². The van der Waals surface area contributed by atoms with Crippen LogP contribution in [0.3, 0.4) is 0 Å². The molecule has 4 rings (SSSR count). The maximum absolute atomic E-state index is 10.8. The Labute approximate surface area is 161 Å². The van der Waals surface area contributed by atoms with Gasteiger partial charge in [0.2, 0.25) is 0 Å². The molecule has 7 heteroatoms. The minimum atomic E-state index is 0.0222. The highest BCUT2D eigenvalue weighted by Gasteiger charge is 2.22. The van der Waals surface area contributed by atoms with Gasteiger partial charge < -0.3 is 19.3 Å². The first-order chi connectivity index (χ1) is 13.7. The minimum Gasteiger partial charge on any atom is -0.507 e. The van der Waals surface area contributed by atoms with E-state index in [9.17, 15) is 5.11 Å². The van der Waals surface area contributed by atoms with Gasteiger partial charge in [-0.25, -0.2) is 9.50 Å². The average molecular weight is 377 g/mol. The fourth-order valence-corrected chi connectivity index (χ4v) is 3.19. The summed E-state index contributed by atoms with van der Waals surface area (Å²) < 4.78 is 17.7. The summed E-state index contributed by atoms with van der Waals surface area (Å²) in [6, 6.07) is 12.7. The highest BCUT2D eigenvalue weighted by molar-refractivity contribution is 5.88. The molecule has 0 radical (unpaired) electrons. The van der Waals surface area contributed by atoms with Crippen LogP contribution in [0.15, 0.2) is 54.9 Å². The zero-order chi connectivity index (χ0) is 19.7. The van der Waals surface area contributed by atoms with Gasteiger partial charge in [-0.05, 0) is 17.7 Å². The molecule has 0 unspecified atom stereocenters. The lowest BCUT2D eigenvalue weighted by atomic mass is 9.99. The molecule has 0 bridgehead atoms. The van der Waals surface area contributed by atoms with Crippen molar-refractivity contribution < 1.29 is 19.3 Å². The van der Waals surface area contributed by atoms with Crippen molar-refractivity contribution in [1.29, 1.82) is 0 Å². The number of ether oxygens (including phenoxy) is 3. The lowest BCUT2D eigenvalue weighted by Crippen LogP contribution is -2.02. The van der Waals surface area contributed by atoms with Gasteiger partial charge in [-0.1, -0.05) is 12.1 Å². The molecule has 2 aromatic carbocycles. The molecule has 0 saturated carbocycles. The average Bonchev–Trinajstić information content (AvgIpc) is 3.21. The maximum Gasteiger partial charge on any atom is 0.155 e. The fraction of sp³-hybridized carbons (Fsp3) is 0.143. The number of phenolic OH excluding ortho intramolecular Hbond substituents is 1. The Balaban J connectivity index is 2.04. The van der Waals surface area contributed by atoms with E-state index in [1.54, 1.807) is 49.3 Å². The Hall–Kier alpha value is -3.74. The van der Waals surface area contributed by atoms with Gasteiger partial charge in [0.25, 0.3) is 0 Å². The van der Waals surface area contributed by atoms with E-state index in [4.69, 9.17) is 14.2 Å². The van der Waals surface area contributed by atoms with Crippen LogP contribution in [0, 0.1) is 0 Å². The van der Waals surface area contributed by atoms with Crippen LogP contribution in [0.4, 0.5) is 0 Å². The zero-order valence-corrected chi connectivity index (χ0v) is 15.7. The molecule has 28 heavy (non-hydrogen) atoms. The molecule has 0 saturated heterocycles. The maximum atomic E-state index is 10.8. The predicted octanol–water partition coefficient (Wildman–Crippen LogP) is 3.79. The van der Waals surface area contributed by atoms with Crippen LogP contribution in [-0.4, -0.2) is 41.0 Å². The second-order valence-electron chi connectivity index (χ2n) is 6.07. The molecule has 0 aliphatic rings. The first-order valence-corrected chi connectivity index (χ1v) is 8.58. The van der Waals surface area contributed by atoms with E-state index in [2.05, 4.69) is 10.1 Å². The predicted molar refractivity (Wildman–Crippen MR) is 105 cm³/mol. The largest absolute Gasteiger partial charge is 0.507 e. The van der Waals surface area contributed by atoms with Crippen LogP contribution in [-0.2, 0) is 0 Å². The Morgan fingerprint density at radius 2 is 1.64 bits per heavy atom. The van der Waals surface area contributed by atoms with E-state index in [1.807, 2.05) is 24.3 Å². The molecule has 0 spiro atoms. The number of hydrogen-bond acceptors (Lipinski definition) is 6. The van der Waals surface area contributed by atoms with E-state index in [0.29, 0.717) is 28.4 Å². The molecule has 2 heterocycles. The quantitative estimate of drug-likeness (QED) is 0.570. The van der Waals surface area contributed by atoms with Gasteiger partial charge in [0.05, 0.1) is 38.8 Å². The first-order valence-electron chi connectivity index (χ1n) is 8.58. The molecule has 4 aromatic rings. The second-order valence-corrected chi connectivity index (χ2v) is 6.07. The van der Waals surface area contributed by atoms with Crippen LogP contribution < -0.4 is 14.2 Å². The Morgan fingerprint density at radius 1 is 0.893 bits per heavy atom. The molecule has 1 N–H and O–H groups in total. The normalized spacial score (nSPS) is 10.8. The van der Waals surface area contributed by atoms with Crippen molar-refractivity contribution >= 4 is 5.65 Å². The molecular formula is C21H19N3O4. The number of aromatic hydroxyl groups is 1. The molecule has 0 aliphatic carbocycles. The van der Waals surface area contributed by atoms with Crippen LogP contribution in [0.25, 0.3) is 28.0 Å². The van der Waals surface area contributed by atoms with Crippen molar-refractivity contribution in [2.75, 3.05) is 21.3 Å². The number of methoxy groups -OCH3 is 3. The van der Waals surface area contributed by atoms with E-state index < -0.39 is 0 Å². The SMILES string of the molecule is COc1ccc(-c2cnc3ccnn3c2-c2c(O)cc(OC)cc2OC)cc1. The molecule has 142 valence electrons. The van der Waals surface area contributed by atoms with Gasteiger partial charge >= 0.3 is 0 Å². The van der Waals surface area contributed by atoms with Gasteiger partial charge in [-0.15, -0.1) is 0 Å². The number of hydrogen-bond donors (Lipinski definition) is 1.